The van der Waals surface area contributed by atoms with Crippen molar-refractivity contribution in [1.29, 1.82) is 0 Å². The number of nitrogens with zero attached hydrogens (tertiary/aromatic N) is 2. The topological polar surface area (TPSA) is 64.9 Å². The van der Waals surface area contributed by atoms with Crippen LogP contribution >= 0.6 is 22.9 Å². The zero-order valence-electron chi connectivity index (χ0n) is 9.13. The summed E-state index contributed by atoms with van der Waals surface area (Å²) in [6.07, 6.45) is 0. The van der Waals surface area contributed by atoms with E-state index in [1.807, 2.05) is 24.3 Å². The van der Waals surface area contributed by atoms with Crippen molar-refractivity contribution in [3.8, 4) is 22.2 Å². The van der Waals surface area contributed by atoms with Gasteiger partial charge in [-0.3, -0.25) is 0 Å². The van der Waals surface area contributed by atoms with Crippen LogP contribution in [0.2, 0.25) is 5.02 Å². The van der Waals surface area contributed by atoms with Crippen LogP contribution in [0, 0.1) is 0 Å². The van der Waals surface area contributed by atoms with Crippen LogP contribution in [0.4, 0.5) is 5.00 Å². The van der Waals surface area contributed by atoms with Gasteiger partial charge in [0.15, 0.2) is 0 Å². The molecule has 1 aromatic carbocycles. The standard InChI is InChI=1S/C12H8ClN3OS/c13-8-3-1-2-7(6-8)11-15-12(17-16-11)9-4-5-10(14)18-9/h1-6H,14H2. The molecule has 0 saturated heterocycles. The van der Waals surface area contributed by atoms with Crippen molar-refractivity contribution in [2.24, 2.45) is 0 Å². The normalized spacial score (nSPS) is 10.7. The maximum Gasteiger partial charge on any atom is 0.268 e. The predicted molar refractivity (Wildman–Crippen MR) is 72.5 cm³/mol. The van der Waals surface area contributed by atoms with Crippen LogP contribution in [-0.4, -0.2) is 10.1 Å². The highest BCUT2D eigenvalue weighted by atomic mass is 35.5. The molecule has 2 N–H and O–H groups in total. The monoisotopic (exact) mass is 277 g/mol. The van der Waals surface area contributed by atoms with Crippen LogP contribution in [0.1, 0.15) is 0 Å². The average Bonchev–Trinajstić information content (AvgIpc) is 2.97. The molecule has 3 rings (SSSR count). The smallest absolute Gasteiger partial charge is 0.268 e. The molecule has 3 aromatic rings. The van der Waals surface area contributed by atoms with Crippen LogP contribution in [0.25, 0.3) is 22.2 Å². The second-order valence-electron chi connectivity index (χ2n) is 3.64. The van der Waals surface area contributed by atoms with E-state index in [4.69, 9.17) is 21.9 Å². The first-order chi connectivity index (χ1) is 8.72. The van der Waals surface area contributed by atoms with Gasteiger partial charge in [0, 0.05) is 10.6 Å². The Morgan fingerprint density at radius 3 is 2.83 bits per heavy atom. The lowest BCUT2D eigenvalue weighted by Crippen LogP contribution is -1.80. The molecular weight excluding hydrogens is 270 g/mol. The van der Waals surface area contributed by atoms with Gasteiger partial charge in [0.05, 0.1) is 9.88 Å². The summed E-state index contributed by atoms with van der Waals surface area (Å²) < 4.78 is 5.21. The Labute approximate surface area is 112 Å². The Hall–Kier alpha value is -1.85. The van der Waals surface area contributed by atoms with E-state index in [-0.39, 0.29) is 0 Å². The Bertz CT molecular complexity index is 692. The highest BCUT2D eigenvalue weighted by molar-refractivity contribution is 7.19. The van der Waals surface area contributed by atoms with Crippen molar-refractivity contribution in [2.45, 2.75) is 0 Å². The molecule has 0 aliphatic carbocycles. The van der Waals surface area contributed by atoms with Gasteiger partial charge in [-0.1, -0.05) is 28.9 Å². The molecule has 0 fully saturated rings. The fourth-order valence-corrected chi connectivity index (χ4v) is 2.42. The minimum absolute atomic E-state index is 0.465. The van der Waals surface area contributed by atoms with Gasteiger partial charge in [-0.25, -0.2) is 0 Å². The highest BCUT2D eigenvalue weighted by Gasteiger charge is 2.12. The van der Waals surface area contributed by atoms with E-state index in [1.165, 1.54) is 11.3 Å². The van der Waals surface area contributed by atoms with Crippen molar-refractivity contribution >= 4 is 27.9 Å². The van der Waals surface area contributed by atoms with Crippen LogP contribution in [0.15, 0.2) is 40.9 Å². The van der Waals surface area contributed by atoms with E-state index in [0.29, 0.717) is 21.7 Å². The summed E-state index contributed by atoms with van der Waals surface area (Å²) in [5.41, 5.74) is 6.49. The van der Waals surface area contributed by atoms with Gasteiger partial charge in [-0.05, 0) is 24.3 Å². The average molecular weight is 278 g/mol. The van der Waals surface area contributed by atoms with Crippen molar-refractivity contribution in [3.63, 3.8) is 0 Å². The molecule has 0 amide bonds. The first-order valence-electron chi connectivity index (χ1n) is 5.18. The summed E-state index contributed by atoms with van der Waals surface area (Å²) in [5, 5.41) is 5.29. The van der Waals surface area contributed by atoms with Gasteiger partial charge >= 0.3 is 0 Å². The quantitative estimate of drug-likeness (QED) is 0.776. The zero-order chi connectivity index (χ0) is 12.5. The lowest BCUT2D eigenvalue weighted by atomic mass is 10.2. The number of anilines is 1. The molecule has 0 atom stereocenters. The molecular formula is C12H8ClN3OS. The largest absolute Gasteiger partial charge is 0.391 e. The summed E-state index contributed by atoms with van der Waals surface area (Å²) in [6, 6.07) is 11.0. The van der Waals surface area contributed by atoms with Crippen LogP contribution < -0.4 is 5.73 Å². The summed E-state index contributed by atoms with van der Waals surface area (Å²) in [5.74, 6) is 0.978. The summed E-state index contributed by atoms with van der Waals surface area (Å²) in [4.78, 5) is 5.18. The van der Waals surface area contributed by atoms with E-state index in [1.54, 1.807) is 12.1 Å². The molecule has 6 heteroatoms. The number of rotatable bonds is 2. The lowest BCUT2D eigenvalue weighted by molar-refractivity contribution is 0.433. The summed E-state index contributed by atoms with van der Waals surface area (Å²) >= 11 is 7.33. The predicted octanol–water partition coefficient (Wildman–Crippen LogP) is 3.70. The number of nitrogen functional groups attached to an aromatic ring is 1. The Kier molecular flexibility index (Phi) is 2.77. The molecule has 0 spiro atoms. The molecule has 0 aliphatic rings. The van der Waals surface area contributed by atoms with E-state index >= 15 is 0 Å². The second-order valence-corrected chi connectivity index (χ2v) is 5.19. The molecule has 2 aromatic heterocycles. The van der Waals surface area contributed by atoms with Gasteiger partial charge < -0.3 is 10.3 Å². The van der Waals surface area contributed by atoms with Gasteiger partial charge in [0.1, 0.15) is 0 Å². The van der Waals surface area contributed by atoms with Crippen LogP contribution in [-0.2, 0) is 0 Å². The Morgan fingerprint density at radius 1 is 1.22 bits per heavy atom. The number of halogens is 1. The number of nitrogens with two attached hydrogens (primary N) is 1. The van der Waals surface area contributed by atoms with Gasteiger partial charge in [-0.2, -0.15) is 4.98 Å². The lowest BCUT2D eigenvalue weighted by Gasteiger charge is -1.93. The number of benzene rings is 1. The molecule has 0 aliphatic heterocycles. The third kappa shape index (κ3) is 2.10. The molecule has 0 saturated carbocycles. The molecule has 90 valence electrons. The van der Waals surface area contributed by atoms with Gasteiger partial charge in [0.2, 0.25) is 5.82 Å². The fraction of sp³-hybridized carbons (Fsp3) is 0. The van der Waals surface area contributed by atoms with E-state index in [9.17, 15) is 0 Å². The van der Waals surface area contributed by atoms with Crippen molar-refractivity contribution in [3.05, 3.63) is 41.4 Å². The van der Waals surface area contributed by atoms with E-state index in [0.717, 1.165) is 10.4 Å². The van der Waals surface area contributed by atoms with Crippen molar-refractivity contribution in [2.75, 3.05) is 5.73 Å². The maximum atomic E-state index is 5.92. The van der Waals surface area contributed by atoms with Crippen LogP contribution in [0.5, 0.6) is 0 Å². The van der Waals surface area contributed by atoms with Crippen molar-refractivity contribution < 1.29 is 4.52 Å². The molecule has 4 nitrogen and oxygen atoms in total. The number of aromatic nitrogens is 2. The Morgan fingerprint density at radius 2 is 2.11 bits per heavy atom. The summed E-state index contributed by atoms with van der Waals surface area (Å²) in [7, 11) is 0. The first-order valence-corrected chi connectivity index (χ1v) is 6.37. The third-order valence-corrected chi connectivity index (χ3v) is 3.48. The fourth-order valence-electron chi connectivity index (χ4n) is 1.54. The van der Waals surface area contributed by atoms with Crippen molar-refractivity contribution in [1.82, 2.24) is 10.1 Å². The van der Waals surface area contributed by atoms with E-state index in [2.05, 4.69) is 10.1 Å². The zero-order valence-corrected chi connectivity index (χ0v) is 10.7. The summed E-state index contributed by atoms with van der Waals surface area (Å²) in [6.45, 7) is 0. The minimum Gasteiger partial charge on any atom is -0.391 e. The minimum atomic E-state index is 0.465. The first kappa shape index (κ1) is 11.3. The van der Waals surface area contributed by atoms with Crippen LogP contribution in [0.3, 0.4) is 0 Å². The molecule has 2 heterocycles. The number of thiophene rings is 1. The molecule has 18 heavy (non-hydrogen) atoms. The second kappa shape index (κ2) is 4.44. The molecule has 0 bridgehead atoms. The SMILES string of the molecule is Nc1ccc(-c2nc(-c3cccc(Cl)c3)no2)s1. The Balaban J connectivity index is 1.99. The highest BCUT2D eigenvalue weighted by Crippen LogP contribution is 2.30. The number of hydrogen-bond acceptors (Lipinski definition) is 5. The maximum absolute atomic E-state index is 5.92. The number of hydrogen-bond donors (Lipinski definition) is 1. The van der Waals surface area contributed by atoms with E-state index < -0.39 is 0 Å². The third-order valence-electron chi connectivity index (χ3n) is 2.35. The van der Waals surface area contributed by atoms with Gasteiger partial charge in [0.25, 0.3) is 5.89 Å². The molecule has 0 unspecified atom stereocenters. The molecule has 0 radical (unpaired) electrons. The van der Waals surface area contributed by atoms with Gasteiger partial charge in [-0.15, -0.1) is 11.3 Å².